The summed E-state index contributed by atoms with van der Waals surface area (Å²) in [7, 11) is 0. The van der Waals surface area contributed by atoms with Gasteiger partial charge in [0, 0.05) is 5.92 Å². The molecule has 2 aromatic carbocycles. The van der Waals surface area contributed by atoms with Crippen LogP contribution in [0.4, 0.5) is 4.39 Å². The Balaban J connectivity index is 1.77. The average Bonchev–Trinajstić information content (AvgIpc) is 2.82. The van der Waals surface area contributed by atoms with Gasteiger partial charge in [0.25, 0.3) is 0 Å². The van der Waals surface area contributed by atoms with E-state index in [0.717, 1.165) is 18.4 Å². The molecule has 0 fully saturated rings. The van der Waals surface area contributed by atoms with E-state index >= 15 is 0 Å². The van der Waals surface area contributed by atoms with Crippen LogP contribution in [0.2, 0.25) is 0 Å². The van der Waals surface area contributed by atoms with E-state index in [2.05, 4.69) is 12.1 Å². The largest absolute Gasteiger partial charge is 0.392 e. The van der Waals surface area contributed by atoms with Gasteiger partial charge in [0.2, 0.25) is 0 Å². The van der Waals surface area contributed by atoms with Gasteiger partial charge >= 0.3 is 0 Å². The molecule has 1 nitrogen and oxygen atoms in total. The lowest BCUT2D eigenvalue weighted by Gasteiger charge is -2.19. The van der Waals surface area contributed by atoms with E-state index in [1.807, 2.05) is 18.2 Å². The lowest BCUT2D eigenvalue weighted by Crippen LogP contribution is -2.19. The highest BCUT2D eigenvalue weighted by molar-refractivity contribution is 5.36. The van der Waals surface area contributed by atoms with E-state index in [1.165, 1.54) is 23.3 Å². The van der Waals surface area contributed by atoms with E-state index < -0.39 is 6.10 Å². The van der Waals surface area contributed by atoms with Gasteiger partial charge in [-0.1, -0.05) is 36.4 Å². The number of hydrogen-bond acceptors (Lipinski definition) is 1. The normalized spacial score (nSPS) is 19.2. The zero-order chi connectivity index (χ0) is 13.2. The van der Waals surface area contributed by atoms with Crippen molar-refractivity contribution in [1.29, 1.82) is 0 Å². The highest BCUT2D eigenvalue weighted by atomic mass is 19.1. The van der Waals surface area contributed by atoms with Crippen LogP contribution in [0.3, 0.4) is 0 Å². The molecular weight excluding hydrogens is 239 g/mol. The number of benzene rings is 2. The van der Waals surface area contributed by atoms with E-state index in [-0.39, 0.29) is 11.7 Å². The van der Waals surface area contributed by atoms with Gasteiger partial charge in [0.05, 0.1) is 6.10 Å². The monoisotopic (exact) mass is 256 g/mol. The summed E-state index contributed by atoms with van der Waals surface area (Å²) < 4.78 is 13.2. The van der Waals surface area contributed by atoms with Crippen LogP contribution in [-0.4, -0.2) is 11.2 Å². The van der Waals surface area contributed by atoms with Crippen molar-refractivity contribution in [3.8, 4) is 0 Å². The summed E-state index contributed by atoms with van der Waals surface area (Å²) in [6, 6.07) is 14.8. The molecule has 2 aromatic rings. The number of rotatable bonds is 3. The molecule has 1 aliphatic rings. The van der Waals surface area contributed by atoms with Gasteiger partial charge in [0.1, 0.15) is 5.82 Å². The summed E-state index contributed by atoms with van der Waals surface area (Å²) >= 11 is 0. The van der Waals surface area contributed by atoms with Crippen LogP contribution < -0.4 is 0 Å². The number of hydrogen-bond donors (Lipinski definition) is 1. The highest BCUT2D eigenvalue weighted by Crippen LogP contribution is 2.36. The van der Waals surface area contributed by atoms with Crippen molar-refractivity contribution in [3.63, 3.8) is 0 Å². The molecule has 0 saturated carbocycles. The minimum atomic E-state index is -0.439. The topological polar surface area (TPSA) is 20.2 Å². The molecule has 19 heavy (non-hydrogen) atoms. The molecule has 98 valence electrons. The van der Waals surface area contributed by atoms with E-state index in [4.69, 9.17) is 0 Å². The Labute approximate surface area is 112 Å². The maximum Gasteiger partial charge on any atom is 0.123 e. The molecule has 0 aromatic heterocycles. The van der Waals surface area contributed by atoms with Crippen molar-refractivity contribution >= 4 is 0 Å². The molecular formula is C17H17FO. The number of aliphatic hydroxyl groups excluding tert-OH is 1. The van der Waals surface area contributed by atoms with Crippen molar-refractivity contribution in [2.24, 2.45) is 0 Å². The van der Waals surface area contributed by atoms with Gasteiger partial charge in [-0.15, -0.1) is 0 Å². The second kappa shape index (κ2) is 5.14. The Morgan fingerprint density at radius 2 is 2.00 bits per heavy atom. The zero-order valence-corrected chi connectivity index (χ0v) is 10.7. The van der Waals surface area contributed by atoms with E-state index in [0.29, 0.717) is 6.42 Å². The highest BCUT2D eigenvalue weighted by Gasteiger charge is 2.28. The summed E-state index contributed by atoms with van der Waals surface area (Å²) in [5.74, 6) is -0.0593. The van der Waals surface area contributed by atoms with Gasteiger partial charge in [0.15, 0.2) is 0 Å². The van der Waals surface area contributed by atoms with Gasteiger partial charge in [-0.3, -0.25) is 0 Å². The van der Waals surface area contributed by atoms with E-state index in [1.54, 1.807) is 6.07 Å². The molecule has 0 radical (unpaired) electrons. The standard InChI is InChI=1S/C17H17FO/c18-14-6-3-4-12(10-14)11-17(19)16-9-8-13-5-1-2-7-15(13)16/h1-7,10,16-17,19H,8-9,11H2. The number of aliphatic hydroxyl groups is 1. The molecule has 0 heterocycles. The van der Waals surface area contributed by atoms with Crippen LogP contribution in [0.5, 0.6) is 0 Å². The molecule has 2 atom stereocenters. The molecule has 0 aliphatic heterocycles. The summed E-state index contributed by atoms with van der Waals surface area (Å²) in [6.07, 6.45) is 2.08. The van der Waals surface area contributed by atoms with Gasteiger partial charge < -0.3 is 5.11 Å². The zero-order valence-electron chi connectivity index (χ0n) is 10.7. The molecule has 0 amide bonds. The van der Waals surface area contributed by atoms with Gasteiger partial charge in [-0.25, -0.2) is 4.39 Å². The predicted octanol–water partition coefficient (Wildman–Crippen LogP) is 3.46. The van der Waals surface area contributed by atoms with Crippen LogP contribution in [0.1, 0.15) is 29.0 Å². The Morgan fingerprint density at radius 1 is 1.16 bits per heavy atom. The Hall–Kier alpha value is -1.67. The molecule has 1 N–H and O–H groups in total. The fourth-order valence-electron chi connectivity index (χ4n) is 3.04. The number of fused-ring (bicyclic) bond motifs is 1. The van der Waals surface area contributed by atoms with Crippen LogP contribution in [0.25, 0.3) is 0 Å². The Kier molecular flexibility index (Phi) is 3.34. The summed E-state index contributed by atoms with van der Waals surface area (Å²) in [4.78, 5) is 0. The van der Waals surface area contributed by atoms with Gasteiger partial charge in [-0.05, 0) is 48.1 Å². The Morgan fingerprint density at radius 3 is 2.84 bits per heavy atom. The van der Waals surface area contributed by atoms with Crippen molar-refractivity contribution < 1.29 is 9.50 Å². The third-order valence-electron chi connectivity index (χ3n) is 3.98. The summed E-state index contributed by atoms with van der Waals surface area (Å²) in [5, 5.41) is 10.4. The number of halogens is 1. The predicted molar refractivity (Wildman–Crippen MR) is 73.6 cm³/mol. The molecule has 2 heteroatoms. The molecule has 1 aliphatic carbocycles. The molecule has 0 bridgehead atoms. The van der Waals surface area contributed by atoms with Crippen LogP contribution >= 0.6 is 0 Å². The minimum Gasteiger partial charge on any atom is -0.392 e. The Bertz CT molecular complexity index is 579. The quantitative estimate of drug-likeness (QED) is 0.891. The first kappa shape index (κ1) is 12.4. The third kappa shape index (κ3) is 2.54. The maximum absolute atomic E-state index is 13.2. The first-order valence-corrected chi connectivity index (χ1v) is 6.74. The first-order valence-electron chi connectivity index (χ1n) is 6.74. The second-order valence-corrected chi connectivity index (χ2v) is 5.25. The molecule has 2 unspecified atom stereocenters. The third-order valence-corrected chi connectivity index (χ3v) is 3.98. The van der Waals surface area contributed by atoms with Crippen LogP contribution in [0.15, 0.2) is 48.5 Å². The molecule has 0 saturated heterocycles. The van der Waals surface area contributed by atoms with Crippen molar-refractivity contribution in [3.05, 3.63) is 71.0 Å². The fourth-order valence-corrected chi connectivity index (χ4v) is 3.04. The first-order chi connectivity index (χ1) is 9.24. The van der Waals surface area contributed by atoms with Crippen molar-refractivity contribution in [2.45, 2.75) is 31.3 Å². The molecule has 3 rings (SSSR count). The minimum absolute atomic E-state index is 0.180. The summed E-state index contributed by atoms with van der Waals surface area (Å²) in [6.45, 7) is 0. The SMILES string of the molecule is OC(Cc1cccc(F)c1)C1CCc2ccccc21. The summed E-state index contributed by atoms with van der Waals surface area (Å²) in [5.41, 5.74) is 3.45. The average molecular weight is 256 g/mol. The van der Waals surface area contributed by atoms with Crippen LogP contribution in [0, 0.1) is 5.82 Å². The number of aryl methyl sites for hydroxylation is 1. The molecule has 0 spiro atoms. The van der Waals surface area contributed by atoms with Crippen LogP contribution in [-0.2, 0) is 12.8 Å². The van der Waals surface area contributed by atoms with Gasteiger partial charge in [-0.2, -0.15) is 0 Å². The van der Waals surface area contributed by atoms with Crippen molar-refractivity contribution in [2.75, 3.05) is 0 Å². The van der Waals surface area contributed by atoms with E-state index in [9.17, 15) is 9.50 Å². The fraction of sp³-hybridized carbons (Fsp3) is 0.294. The second-order valence-electron chi connectivity index (χ2n) is 5.25. The maximum atomic E-state index is 13.2. The smallest absolute Gasteiger partial charge is 0.123 e. The lowest BCUT2D eigenvalue weighted by molar-refractivity contribution is 0.143. The van der Waals surface area contributed by atoms with Crippen molar-refractivity contribution in [1.82, 2.24) is 0 Å². The lowest BCUT2D eigenvalue weighted by atomic mass is 9.91.